The van der Waals surface area contributed by atoms with Crippen molar-refractivity contribution >= 4 is 5.82 Å². The second-order valence-corrected chi connectivity index (χ2v) is 13.5. The number of hydrogen-bond donors (Lipinski definition) is 7. The molecule has 49 heavy (non-hydrogen) atoms. The Morgan fingerprint density at radius 1 is 1.00 bits per heavy atom. The molecule has 2 aliphatic rings. The molecule has 1 aromatic carbocycles. The molecule has 0 saturated heterocycles. The molecule has 0 amide bonds. The van der Waals surface area contributed by atoms with Gasteiger partial charge in [-0.25, -0.2) is 4.98 Å². The third-order valence-electron chi connectivity index (χ3n) is 9.99. The Morgan fingerprint density at radius 2 is 1.84 bits per heavy atom. The summed E-state index contributed by atoms with van der Waals surface area (Å²) in [5.41, 5.74) is 8.60. The first kappa shape index (κ1) is 36.4. The van der Waals surface area contributed by atoms with Gasteiger partial charge in [0.05, 0.1) is 18.3 Å². The lowest BCUT2D eigenvalue weighted by Crippen LogP contribution is -2.36. The van der Waals surface area contributed by atoms with Crippen molar-refractivity contribution in [2.75, 3.05) is 18.9 Å². The second kappa shape index (κ2) is 17.7. The van der Waals surface area contributed by atoms with Crippen molar-refractivity contribution in [1.82, 2.24) is 9.97 Å². The molecule has 0 saturated carbocycles. The Labute approximate surface area is 288 Å². The minimum atomic E-state index is -1.04. The van der Waals surface area contributed by atoms with E-state index < -0.39 is 30.3 Å². The van der Waals surface area contributed by atoms with Crippen LogP contribution in [0.25, 0.3) is 0 Å². The van der Waals surface area contributed by atoms with E-state index in [0.717, 1.165) is 36.1 Å². The molecule has 2 aliphatic carbocycles. The number of aromatic nitrogens is 2. The molecule has 0 spiro atoms. The van der Waals surface area contributed by atoms with Crippen LogP contribution in [0.15, 0.2) is 67.0 Å². The van der Waals surface area contributed by atoms with E-state index in [4.69, 9.17) is 10.5 Å². The average Bonchev–Trinajstić information content (AvgIpc) is 3.54. The SMILES string of the molecule is Nc1cc([C@@H](Cc2ccc[n-]2)C[C@H](Oc2cc([C@H]3C=C[C@H]4C#C[C@@H](CCO)CCCC[C@H](O)[C@@H]4[C@H](O)C3)ccc2O)[C@H](O)CCO)ccn1. The number of aromatic hydroxyl groups is 1. The predicted molar refractivity (Wildman–Crippen MR) is 187 cm³/mol. The summed E-state index contributed by atoms with van der Waals surface area (Å²) < 4.78 is 6.41. The Hall–Kier alpha value is -3.85. The zero-order valence-corrected chi connectivity index (χ0v) is 27.9. The summed E-state index contributed by atoms with van der Waals surface area (Å²) in [6.45, 7) is -0.170. The number of nitrogen functional groups attached to an aromatic ring is 1. The van der Waals surface area contributed by atoms with Crippen molar-refractivity contribution in [2.24, 2.45) is 17.8 Å². The third kappa shape index (κ3) is 9.87. The lowest BCUT2D eigenvalue weighted by molar-refractivity contribution is -0.00711. The summed E-state index contributed by atoms with van der Waals surface area (Å²) in [5.74, 6) is 5.94. The predicted octanol–water partition coefficient (Wildman–Crippen LogP) is 3.81. The topological polar surface area (TPSA) is 184 Å². The van der Waals surface area contributed by atoms with Crippen LogP contribution in [0.3, 0.4) is 0 Å². The molecular weight excluding hydrogens is 622 g/mol. The smallest absolute Gasteiger partial charge is 0.161 e. The number of aliphatic hydroxyl groups is 5. The van der Waals surface area contributed by atoms with Crippen LogP contribution in [0.5, 0.6) is 11.5 Å². The van der Waals surface area contributed by atoms with Gasteiger partial charge in [-0.2, -0.15) is 11.9 Å². The summed E-state index contributed by atoms with van der Waals surface area (Å²) in [6.07, 6.45) is 9.07. The van der Waals surface area contributed by atoms with Crippen LogP contribution < -0.4 is 15.5 Å². The van der Waals surface area contributed by atoms with Gasteiger partial charge in [0.2, 0.25) is 0 Å². The number of hydrogen-bond acceptors (Lipinski definition) is 9. The fraction of sp³-hybridized carbons (Fsp3) is 0.513. The minimum Gasteiger partial charge on any atom is -0.668 e. The second-order valence-electron chi connectivity index (χ2n) is 13.5. The Balaban J connectivity index is 1.41. The molecule has 0 unspecified atom stereocenters. The van der Waals surface area contributed by atoms with Gasteiger partial charge in [-0.05, 0) is 79.8 Å². The van der Waals surface area contributed by atoms with Gasteiger partial charge in [-0.15, -0.1) is 0 Å². The van der Waals surface area contributed by atoms with Crippen molar-refractivity contribution in [1.29, 1.82) is 0 Å². The van der Waals surface area contributed by atoms with Crippen LogP contribution in [-0.4, -0.2) is 73.3 Å². The van der Waals surface area contributed by atoms with E-state index in [-0.39, 0.29) is 54.8 Å². The number of nitrogens with zero attached hydrogens (tertiary/aromatic N) is 2. The van der Waals surface area contributed by atoms with Gasteiger partial charge < -0.3 is 46.1 Å². The number of anilines is 1. The first-order valence-corrected chi connectivity index (χ1v) is 17.5. The number of fused-ring (bicyclic) bond motifs is 1. The highest BCUT2D eigenvalue weighted by Gasteiger charge is 2.36. The van der Waals surface area contributed by atoms with Gasteiger partial charge in [-0.1, -0.05) is 55.0 Å². The molecule has 5 rings (SSSR count). The lowest BCUT2D eigenvalue weighted by Gasteiger charge is -2.31. The summed E-state index contributed by atoms with van der Waals surface area (Å²) in [6, 6.07) is 12.5. The first-order valence-electron chi connectivity index (χ1n) is 17.5. The molecule has 0 fully saturated rings. The summed E-state index contributed by atoms with van der Waals surface area (Å²) in [4.78, 5) is 8.57. The van der Waals surface area contributed by atoms with Gasteiger partial charge in [0.15, 0.2) is 11.5 Å². The van der Waals surface area contributed by atoms with Crippen LogP contribution in [0, 0.1) is 29.6 Å². The normalized spacial score (nSPS) is 26.0. The molecule has 8 N–H and O–H groups in total. The van der Waals surface area contributed by atoms with Crippen LogP contribution in [0.4, 0.5) is 5.82 Å². The van der Waals surface area contributed by atoms with E-state index in [1.165, 1.54) is 0 Å². The highest BCUT2D eigenvalue weighted by molar-refractivity contribution is 5.44. The monoisotopic (exact) mass is 672 g/mol. The van der Waals surface area contributed by atoms with Crippen molar-refractivity contribution in [3.63, 3.8) is 0 Å². The Morgan fingerprint density at radius 3 is 2.59 bits per heavy atom. The van der Waals surface area contributed by atoms with Gasteiger partial charge >= 0.3 is 0 Å². The zero-order chi connectivity index (χ0) is 34.8. The van der Waals surface area contributed by atoms with E-state index >= 15 is 0 Å². The molecule has 0 aliphatic heterocycles. The zero-order valence-electron chi connectivity index (χ0n) is 27.9. The Bertz CT molecular complexity index is 1550. The fourth-order valence-electron chi connectivity index (χ4n) is 7.27. The molecule has 10 heteroatoms. The number of ether oxygens (including phenoxy) is 1. The van der Waals surface area contributed by atoms with E-state index in [2.05, 4.69) is 21.8 Å². The number of allylic oxidation sites excluding steroid dienone is 2. The van der Waals surface area contributed by atoms with Crippen LogP contribution in [-0.2, 0) is 6.42 Å². The number of rotatable bonds is 13. The molecule has 0 bridgehead atoms. The number of phenolic OH excluding ortho intramolecular Hbond substituents is 1. The highest BCUT2D eigenvalue weighted by atomic mass is 16.5. The fourth-order valence-corrected chi connectivity index (χ4v) is 7.27. The van der Waals surface area contributed by atoms with Crippen LogP contribution in [0.1, 0.15) is 80.0 Å². The number of benzene rings is 1. The summed E-state index contributed by atoms with van der Waals surface area (Å²) in [5, 5.41) is 64.0. The third-order valence-corrected chi connectivity index (χ3v) is 9.99. The van der Waals surface area contributed by atoms with E-state index in [1.807, 2.05) is 30.4 Å². The van der Waals surface area contributed by atoms with E-state index in [1.54, 1.807) is 36.7 Å². The lowest BCUT2D eigenvalue weighted by atomic mass is 9.79. The minimum absolute atomic E-state index is 0.0736. The number of pyridine rings is 1. The maximum atomic E-state index is 11.5. The van der Waals surface area contributed by atoms with Crippen molar-refractivity contribution in [3.05, 3.63) is 83.8 Å². The summed E-state index contributed by atoms with van der Waals surface area (Å²) in [7, 11) is 0. The van der Waals surface area contributed by atoms with Crippen molar-refractivity contribution < 1.29 is 35.4 Å². The maximum absolute atomic E-state index is 11.5. The van der Waals surface area contributed by atoms with Crippen LogP contribution in [0.2, 0.25) is 0 Å². The average molecular weight is 673 g/mol. The standard InChI is InChI=1S/C39H50N3O7/c40-38-24-29(13-17-42-38)30(20-31-5-3-16-41-31)23-37(33(46)15-19-44)49-36-22-28(11-12-32(36)45)27-10-9-26-8-7-25(14-18-43)4-1-2-6-34(47)39(26)35(48)21-27/h3,5,9-13,16-17,22,24-27,30,33-35,37,39,43-48H,1-2,4,6,14-15,18-21,23H2,(H2,40,42)/q-1/t25-,26+,27-,30-,33+,34-,35+,37-,39+/m0/s1. The van der Waals surface area contributed by atoms with E-state index in [0.29, 0.717) is 37.9 Å². The largest absolute Gasteiger partial charge is 0.668 e. The van der Waals surface area contributed by atoms with Crippen molar-refractivity contribution in [3.8, 4) is 23.3 Å². The summed E-state index contributed by atoms with van der Waals surface area (Å²) >= 11 is 0. The van der Waals surface area contributed by atoms with Gasteiger partial charge in [0.25, 0.3) is 0 Å². The maximum Gasteiger partial charge on any atom is 0.161 e. The highest BCUT2D eigenvalue weighted by Crippen LogP contribution is 2.40. The molecule has 10 nitrogen and oxygen atoms in total. The van der Waals surface area contributed by atoms with Gasteiger partial charge in [0.1, 0.15) is 11.9 Å². The van der Waals surface area contributed by atoms with E-state index in [9.17, 15) is 30.6 Å². The first-order chi connectivity index (χ1) is 23.7. The molecule has 0 radical (unpaired) electrons. The molecule has 264 valence electrons. The van der Waals surface area contributed by atoms with Gasteiger partial charge in [-0.3, -0.25) is 0 Å². The van der Waals surface area contributed by atoms with Gasteiger partial charge in [0, 0.05) is 49.5 Å². The molecule has 2 heterocycles. The number of aliphatic hydroxyl groups excluding tert-OH is 5. The quantitative estimate of drug-likeness (QED) is 0.104. The Kier molecular flexibility index (Phi) is 13.2. The van der Waals surface area contributed by atoms with Crippen LogP contribution >= 0.6 is 0 Å². The van der Waals surface area contributed by atoms with Crippen molar-refractivity contribution in [2.45, 2.75) is 94.0 Å². The molecule has 2 aromatic heterocycles. The molecule has 9 atom stereocenters. The number of phenols is 1. The molecular formula is C39H50N3O7-. The molecule has 3 aromatic rings. The number of nitrogens with two attached hydrogens (primary N) is 1.